The van der Waals surface area contributed by atoms with Gasteiger partial charge in [0, 0.05) is 5.92 Å². The van der Waals surface area contributed by atoms with E-state index < -0.39 is 12.1 Å². The Kier molecular flexibility index (Phi) is 5.93. The summed E-state index contributed by atoms with van der Waals surface area (Å²) in [7, 11) is 1.18. The molecule has 0 radical (unpaired) electrons. The summed E-state index contributed by atoms with van der Waals surface area (Å²) in [5, 5.41) is 11.7. The number of carbonyl (C=O) groups excluding carboxylic acids is 2. The number of rotatable bonds is 5. The van der Waals surface area contributed by atoms with Crippen LogP contribution in [0.5, 0.6) is 0 Å². The molecule has 0 aromatic rings. The maximum absolute atomic E-state index is 11.4. The van der Waals surface area contributed by atoms with Gasteiger partial charge in [0.05, 0.1) is 13.7 Å². The van der Waals surface area contributed by atoms with Crippen molar-refractivity contribution in [3.05, 3.63) is 0 Å². The topological polar surface area (TPSA) is 75.6 Å². The third-order valence-corrected chi connectivity index (χ3v) is 2.36. The van der Waals surface area contributed by atoms with Crippen LogP contribution in [-0.4, -0.2) is 36.7 Å². The van der Waals surface area contributed by atoms with Crippen LogP contribution in [0.1, 0.15) is 20.8 Å². The molecule has 0 aliphatic carbocycles. The molecular weight excluding hydrogens is 198 g/mol. The zero-order valence-corrected chi connectivity index (χ0v) is 9.61. The van der Waals surface area contributed by atoms with E-state index in [4.69, 9.17) is 0 Å². The summed E-state index contributed by atoms with van der Waals surface area (Å²) in [4.78, 5) is 22.2. The molecule has 15 heavy (non-hydrogen) atoms. The average Bonchev–Trinajstić information content (AvgIpc) is 2.22. The van der Waals surface area contributed by atoms with Crippen molar-refractivity contribution in [1.29, 1.82) is 0 Å². The second-order valence-electron chi connectivity index (χ2n) is 3.82. The number of aliphatic hydroxyl groups is 1. The van der Waals surface area contributed by atoms with Crippen LogP contribution in [0, 0.1) is 11.8 Å². The van der Waals surface area contributed by atoms with Crippen LogP contribution in [0.4, 0.5) is 0 Å². The first-order valence-corrected chi connectivity index (χ1v) is 4.93. The van der Waals surface area contributed by atoms with E-state index in [0.29, 0.717) is 0 Å². The Morgan fingerprint density at radius 1 is 1.33 bits per heavy atom. The molecule has 5 nitrogen and oxygen atoms in total. The third kappa shape index (κ3) is 4.78. The predicted octanol–water partition coefficient (Wildman–Crippen LogP) is -0.0714. The molecule has 0 bridgehead atoms. The zero-order valence-electron chi connectivity index (χ0n) is 9.61. The lowest BCUT2D eigenvalue weighted by Crippen LogP contribution is -2.40. The number of amides is 1. The maximum Gasteiger partial charge on any atom is 0.336 e. The Morgan fingerprint density at radius 2 is 1.87 bits per heavy atom. The Labute approximate surface area is 89.8 Å². The fraction of sp³-hybridized carbons (Fsp3) is 0.800. The van der Waals surface area contributed by atoms with E-state index in [1.165, 1.54) is 7.11 Å². The fourth-order valence-electron chi connectivity index (χ4n) is 0.880. The summed E-state index contributed by atoms with van der Waals surface area (Å²) < 4.78 is 4.31. The minimum atomic E-state index is -1.29. The number of nitrogens with one attached hydrogen (secondary N) is 1. The van der Waals surface area contributed by atoms with Gasteiger partial charge >= 0.3 is 5.97 Å². The summed E-state index contributed by atoms with van der Waals surface area (Å²) in [6.07, 6.45) is -1.29. The van der Waals surface area contributed by atoms with Gasteiger partial charge in [-0.1, -0.05) is 20.8 Å². The van der Waals surface area contributed by atoms with Gasteiger partial charge in [0.25, 0.3) is 0 Å². The van der Waals surface area contributed by atoms with E-state index in [1.807, 2.05) is 13.8 Å². The SMILES string of the molecule is COC(=O)C(O)CNC(=O)C(C)C(C)C. The van der Waals surface area contributed by atoms with E-state index in [2.05, 4.69) is 10.1 Å². The molecule has 0 aliphatic heterocycles. The molecule has 0 aromatic heterocycles. The van der Waals surface area contributed by atoms with Crippen LogP contribution < -0.4 is 5.32 Å². The van der Waals surface area contributed by atoms with Crippen LogP contribution >= 0.6 is 0 Å². The van der Waals surface area contributed by atoms with Crippen molar-refractivity contribution in [3.8, 4) is 0 Å². The molecule has 0 saturated carbocycles. The van der Waals surface area contributed by atoms with Gasteiger partial charge in [0.2, 0.25) is 5.91 Å². The van der Waals surface area contributed by atoms with Crippen molar-refractivity contribution in [2.75, 3.05) is 13.7 Å². The van der Waals surface area contributed by atoms with E-state index in [0.717, 1.165) is 0 Å². The number of aliphatic hydroxyl groups excluding tert-OH is 1. The second-order valence-corrected chi connectivity index (χ2v) is 3.82. The van der Waals surface area contributed by atoms with E-state index in [1.54, 1.807) is 6.92 Å². The second kappa shape index (κ2) is 6.40. The first kappa shape index (κ1) is 13.9. The molecule has 0 spiro atoms. The zero-order chi connectivity index (χ0) is 12.0. The van der Waals surface area contributed by atoms with Gasteiger partial charge in [-0.3, -0.25) is 4.79 Å². The number of carbonyl (C=O) groups is 2. The third-order valence-electron chi connectivity index (χ3n) is 2.36. The molecule has 2 N–H and O–H groups in total. The van der Waals surface area contributed by atoms with E-state index in [-0.39, 0.29) is 24.3 Å². The fourth-order valence-corrected chi connectivity index (χ4v) is 0.880. The molecule has 1 amide bonds. The molecule has 5 heteroatoms. The highest BCUT2D eigenvalue weighted by atomic mass is 16.5. The van der Waals surface area contributed by atoms with Gasteiger partial charge in [-0.25, -0.2) is 4.79 Å². The molecule has 0 fully saturated rings. The monoisotopic (exact) mass is 217 g/mol. The highest BCUT2D eigenvalue weighted by Crippen LogP contribution is 2.08. The van der Waals surface area contributed by atoms with Crippen molar-refractivity contribution in [2.45, 2.75) is 26.9 Å². The van der Waals surface area contributed by atoms with Crippen LogP contribution in [0.2, 0.25) is 0 Å². The average molecular weight is 217 g/mol. The standard InChI is InChI=1S/C10H19NO4/c1-6(2)7(3)9(13)11-5-8(12)10(14)15-4/h6-8,12H,5H2,1-4H3,(H,11,13). The molecule has 0 aliphatic rings. The molecular formula is C10H19NO4. The minimum absolute atomic E-state index is 0.109. The highest BCUT2D eigenvalue weighted by molar-refractivity contribution is 5.80. The lowest BCUT2D eigenvalue weighted by atomic mass is 9.97. The number of esters is 1. The van der Waals surface area contributed by atoms with E-state index >= 15 is 0 Å². The van der Waals surface area contributed by atoms with Crippen molar-refractivity contribution in [2.24, 2.45) is 11.8 Å². The van der Waals surface area contributed by atoms with Crippen molar-refractivity contribution in [3.63, 3.8) is 0 Å². The smallest absolute Gasteiger partial charge is 0.336 e. The van der Waals surface area contributed by atoms with Crippen molar-refractivity contribution >= 4 is 11.9 Å². The summed E-state index contributed by atoms with van der Waals surface area (Å²) >= 11 is 0. The van der Waals surface area contributed by atoms with Gasteiger partial charge in [0.15, 0.2) is 6.10 Å². The van der Waals surface area contributed by atoms with Gasteiger partial charge < -0.3 is 15.2 Å². The van der Waals surface area contributed by atoms with E-state index in [9.17, 15) is 14.7 Å². The minimum Gasteiger partial charge on any atom is -0.467 e. The molecule has 0 rings (SSSR count). The summed E-state index contributed by atoms with van der Waals surface area (Å²) in [6, 6.07) is 0. The van der Waals surface area contributed by atoms with Gasteiger partial charge in [-0.05, 0) is 5.92 Å². The lowest BCUT2D eigenvalue weighted by Gasteiger charge is -2.16. The Morgan fingerprint density at radius 3 is 2.27 bits per heavy atom. The normalized spacial score (nSPS) is 14.5. The molecule has 2 unspecified atom stereocenters. The largest absolute Gasteiger partial charge is 0.467 e. The lowest BCUT2D eigenvalue weighted by molar-refractivity contribution is -0.150. The molecule has 0 heterocycles. The van der Waals surface area contributed by atoms with Crippen LogP contribution in [-0.2, 0) is 14.3 Å². The summed E-state index contributed by atoms with van der Waals surface area (Å²) in [6.45, 7) is 5.55. The molecule has 0 aromatic carbocycles. The number of ether oxygens (including phenoxy) is 1. The molecule has 2 atom stereocenters. The Hall–Kier alpha value is -1.10. The Bertz CT molecular complexity index is 227. The number of hydrogen-bond donors (Lipinski definition) is 2. The first-order valence-electron chi connectivity index (χ1n) is 4.93. The predicted molar refractivity (Wildman–Crippen MR) is 55.0 cm³/mol. The molecule has 0 saturated heterocycles. The number of hydrogen-bond acceptors (Lipinski definition) is 4. The quantitative estimate of drug-likeness (QED) is 0.632. The van der Waals surface area contributed by atoms with Crippen molar-refractivity contribution < 1.29 is 19.4 Å². The van der Waals surface area contributed by atoms with Gasteiger partial charge in [-0.2, -0.15) is 0 Å². The Balaban J connectivity index is 3.95. The highest BCUT2D eigenvalue weighted by Gasteiger charge is 2.20. The first-order chi connectivity index (χ1) is 6.90. The summed E-state index contributed by atoms with van der Waals surface area (Å²) in [5.41, 5.74) is 0. The van der Waals surface area contributed by atoms with Gasteiger partial charge in [0.1, 0.15) is 0 Å². The van der Waals surface area contributed by atoms with Gasteiger partial charge in [-0.15, -0.1) is 0 Å². The van der Waals surface area contributed by atoms with Crippen LogP contribution in [0.15, 0.2) is 0 Å². The van der Waals surface area contributed by atoms with Crippen molar-refractivity contribution in [1.82, 2.24) is 5.32 Å². The molecule has 88 valence electrons. The van der Waals surface area contributed by atoms with Crippen LogP contribution in [0.25, 0.3) is 0 Å². The summed E-state index contributed by atoms with van der Waals surface area (Å²) in [5.74, 6) is -0.837. The number of methoxy groups -OCH3 is 1. The maximum atomic E-state index is 11.4. The van der Waals surface area contributed by atoms with Crippen LogP contribution in [0.3, 0.4) is 0 Å².